The van der Waals surface area contributed by atoms with Gasteiger partial charge in [-0.05, 0) is 48.9 Å². The van der Waals surface area contributed by atoms with E-state index in [4.69, 9.17) is 15.3 Å². The second-order valence-corrected chi connectivity index (χ2v) is 6.67. The topological polar surface area (TPSA) is 104 Å². The normalized spacial score (nSPS) is 10.5. The predicted molar refractivity (Wildman–Crippen MR) is 110 cm³/mol. The van der Waals surface area contributed by atoms with Crippen LogP contribution in [-0.4, -0.2) is 28.6 Å². The third kappa shape index (κ3) is 4.74. The highest BCUT2D eigenvalue weighted by atomic mass is 32.2. The van der Waals surface area contributed by atoms with Crippen molar-refractivity contribution in [1.29, 1.82) is 0 Å². The molecule has 8 nitrogen and oxygen atoms in total. The number of hydrogen-bond acceptors (Lipinski definition) is 8. The molecule has 0 spiro atoms. The van der Waals surface area contributed by atoms with Crippen molar-refractivity contribution in [2.75, 3.05) is 24.9 Å². The second kappa shape index (κ2) is 9.14. The van der Waals surface area contributed by atoms with E-state index >= 15 is 0 Å². The van der Waals surface area contributed by atoms with Crippen molar-refractivity contribution in [1.82, 2.24) is 14.9 Å². The molecule has 0 saturated heterocycles. The average molecular weight is 399 g/mol. The Labute approximate surface area is 166 Å². The van der Waals surface area contributed by atoms with Gasteiger partial charge in [-0.3, -0.25) is 4.79 Å². The van der Waals surface area contributed by atoms with E-state index in [0.29, 0.717) is 23.2 Å². The van der Waals surface area contributed by atoms with E-state index in [1.807, 2.05) is 31.2 Å². The van der Waals surface area contributed by atoms with Crippen LogP contribution in [0.25, 0.3) is 0 Å². The van der Waals surface area contributed by atoms with Crippen LogP contribution in [0, 0.1) is 0 Å². The van der Waals surface area contributed by atoms with Crippen LogP contribution in [0.5, 0.6) is 11.5 Å². The van der Waals surface area contributed by atoms with Crippen molar-refractivity contribution in [2.24, 2.45) is 0 Å². The maximum atomic E-state index is 12.5. The molecule has 0 aliphatic carbocycles. The fourth-order valence-electron chi connectivity index (χ4n) is 2.37. The summed E-state index contributed by atoms with van der Waals surface area (Å²) in [5.41, 5.74) is 1.28. The number of nitrogen functional groups attached to an aromatic ring is 1. The zero-order valence-electron chi connectivity index (χ0n) is 15.6. The highest BCUT2D eigenvalue weighted by molar-refractivity contribution is 7.98. The Bertz CT molecular complexity index is 974. The van der Waals surface area contributed by atoms with Crippen molar-refractivity contribution in [2.45, 2.75) is 17.8 Å². The highest BCUT2D eigenvalue weighted by Crippen LogP contribution is 2.21. The summed E-state index contributed by atoms with van der Waals surface area (Å²) >= 11 is 1.33. The van der Waals surface area contributed by atoms with Gasteiger partial charge in [-0.15, -0.1) is 10.2 Å². The molecule has 0 fully saturated rings. The van der Waals surface area contributed by atoms with Gasteiger partial charge in [-0.2, -0.15) is 4.68 Å². The fourth-order valence-corrected chi connectivity index (χ4v) is 3.18. The number of aromatic nitrogens is 3. The van der Waals surface area contributed by atoms with Crippen LogP contribution in [0.2, 0.25) is 0 Å². The largest absolute Gasteiger partial charge is 0.497 e. The van der Waals surface area contributed by atoms with Gasteiger partial charge in [0.1, 0.15) is 11.5 Å². The van der Waals surface area contributed by atoms with Crippen molar-refractivity contribution < 1.29 is 9.47 Å². The first kappa shape index (κ1) is 19.6. The molecule has 3 N–H and O–H groups in total. The van der Waals surface area contributed by atoms with Gasteiger partial charge in [0.15, 0.2) is 0 Å². The van der Waals surface area contributed by atoms with Crippen LogP contribution in [0.1, 0.15) is 12.5 Å². The van der Waals surface area contributed by atoms with E-state index < -0.39 is 5.56 Å². The summed E-state index contributed by atoms with van der Waals surface area (Å²) in [5.74, 6) is 8.10. The van der Waals surface area contributed by atoms with Gasteiger partial charge < -0.3 is 20.6 Å². The lowest BCUT2D eigenvalue weighted by atomic mass is 10.2. The van der Waals surface area contributed by atoms with E-state index in [0.717, 1.165) is 21.7 Å². The van der Waals surface area contributed by atoms with Crippen molar-refractivity contribution in [3.05, 3.63) is 64.4 Å². The van der Waals surface area contributed by atoms with Gasteiger partial charge >= 0.3 is 5.56 Å². The molecular formula is C19H21N5O3S. The third-order valence-electron chi connectivity index (χ3n) is 3.82. The Morgan fingerprint density at radius 1 is 1.07 bits per heavy atom. The first-order valence-corrected chi connectivity index (χ1v) is 9.59. The van der Waals surface area contributed by atoms with E-state index in [1.54, 1.807) is 31.4 Å². The molecule has 3 aromatic rings. The van der Waals surface area contributed by atoms with E-state index in [2.05, 4.69) is 15.5 Å². The van der Waals surface area contributed by atoms with Gasteiger partial charge in [0.25, 0.3) is 0 Å². The lowest BCUT2D eigenvalue weighted by Crippen LogP contribution is -2.32. The molecule has 0 aliphatic rings. The van der Waals surface area contributed by atoms with Gasteiger partial charge in [0, 0.05) is 11.4 Å². The summed E-state index contributed by atoms with van der Waals surface area (Å²) in [5, 5.41) is 11.3. The standard InChI is InChI=1S/C19H21N5O3S/c1-3-27-16-10-6-14(7-11-16)21-17-18(25)24(20)19(23-22-17)28-12-13-4-8-15(26-2)9-5-13/h4-11H,3,12,20H2,1-2H3,(H,21,22). The molecule has 0 saturated carbocycles. The molecular weight excluding hydrogens is 378 g/mol. The predicted octanol–water partition coefficient (Wildman–Crippen LogP) is 2.80. The minimum atomic E-state index is -0.457. The maximum absolute atomic E-state index is 12.5. The quantitative estimate of drug-likeness (QED) is 0.440. The van der Waals surface area contributed by atoms with Crippen molar-refractivity contribution in [3.8, 4) is 11.5 Å². The second-order valence-electron chi connectivity index (χ2n) is 5.73. The minimum Gasteiger partial charge on any atom is -0.497 e. The highest BCUT2D eigenvalue weighted by Gasteiger charge is 2.11. The number of methoxy groups -OCH3 is 1. The number of rotatable bonds is 8. The van der Waals surface area contributed by atoms with Crippen LogP contribution < -0.4 is 26.2 Å². The molecule has 0 aliphatic heterocycles. The molecule has 0 amide bonds. The van der Waals surface area contributed by atoms with Crippen LogP contribution in [0.3, 0.4) is 0 Å². The Kier molecular flexibility index (Phi) is 6.38. The van der Waals surface area contributed by atoms with Gasteiger partial charge in [-0.1, -0.05) is 23.9 Å². The van der Waals surface area contributed by atoms with E-state index in [-0.39, 0.29) is 5.82 Å². The van der Waals surface area contributed by atoms with E-state index in [9.17, 15) is 4.79 Å². The Morgan fingerprint density at radius 2 is 1.75 bits per heavy atom. The number of nitrogens with one attached hydrogen (secondary N) is 1. The summed E-state index contributed by atoms with van der Waals surface area (Å²) < 4.78 is 11.5. The van der Waals surface area contributed by atoms with Crippen LogP contribution in [-0.2, 0) is 5.75 Å². The number of benzene rings is 2. The fraction of sp³-hybridized carbons (Fsp3) is 0.211. The van der Waals surface area contributed by atoms with Crippen molar-refractivity contribution >= 4 is 23.3 Å². The number of ether oxygens (including phenoxy) is 2. The zero-order valence-corrected chi connectivity index (χ0v) is 16.4. The molecule has 0 bridgehead atoms. The number of thioether (sulfide) groups is 1. The molecule has 0 radical (unpaired) electrons. The number of nitrogens with zero attached hydrogens (tertiary/aromatic N) is 3. The lowest BCUT2D eigenvalue weighted by molar-refractivity contribution is 0.340. The summed E-state index contributed by atoms with van der Waals surface area (Å²) in [6.45, 7) is 2.51. The minimum absolute atomic E-state index is 0.0560. The molecule has 9 heteroatoms. The summed E-state index contributed by atoms with van der Waals surface area (Å²) in [6, 6.07) is 14.8. The molecule has 0 atom stereocenters. The van der Waals surface area contributed by atoms with Crippen LogP contribution >= 0.6 is 11.8 Å². The van der Waals surface area contributed by atoms with E-state index in [1.165, 1.54) is 11.8 Å². The monoisotopic (exact) mass is 399 g/mol. The molecule has 2 aromatic carbocycles. The van der Waals surface area contributed by atoms with Gasteiger partial charge in [-0.25, -0.2) is 0 Å². The Balaban J connectivity index is 1.68. The van der Waals surface area contributed by atoms with Crippen molar-refractivity contribution in [3.63, 3.8) is 0 Å². The molecule has 28 heavy (non-hydrogen) atoms. The SMILES string of the molecule is CCOc1ccc(Nc2nnc(SCc3ccc(OC)cc3)n(N)c2=O)cc1. The summed E-state index contributed by atoms with van der Waals surface area (Å²) in [7, 11) is 1.62. The van der Waals surface area contributed by atoms with Gasteiger partial charge in [0.05, 0.1) is 13.7 Å². The van der Waals surface area contributed by atoms with Gasteiger partial charge in [0.2, 0.25) is 11.0 Å². The first-order valence-electron chi connectivity index (χ1n) is 8.61. The number of anilines is 2. The van der Waals surface area contributed by atoms with Crippen LogP contribution in [0.15, 0.2) is 58.5 Å². The van der Waals surface area contributed by atoms with Crippen LogP contribution in [0.4, 0.5) is 11.5 Å². The number of hydrogen-bond donors (Lipinski definition) is 2. The molecule has 1 heterocycles. The lowest BCUT2D eigenvalue weighted by Gasteiger charge is -2.10. The Hall–Kier alpha value is -3.20. The molecule has 146 valence electrons. The smallest absolute Gasteiger partial charge is 0.315 e. The molecule has 3 rings (SSSR count). The summed E-state index contributed by atoms with van der Waals surface area (Å²) in [6.07, 6.45) is 0. The third-order valence-corrected chi connectivity index (χ3v) is 4.83. The average Bonchev–Trinajstić information content (AvgIpc) is 2.73. The molecule has 0 unspecified atom stereocenters. The number of nitrogens with two attached hydrogens (primary N) is 1. The maximum Gasteiger partial charge on any atom is 0.315 e. The zero-order chi connectivity index (χ0) is 19.9. The Morgan fingerprint density at radius 3 is 2.39 bits per heavy atom. The summed E-state index contributed by atoms with van der Waals surface area (Å²) in [4.78, 5) is 12.5. The first-order chi connectivity index (χ1) is 13.6. The molecule has 1 aromatic heterocycles.